The average molecular weight is 321 g/mol. The van der Waals surface area contributed by atoms with Gasteiger partial charge in [-0.2, -0.15) is 0 Å². The van der Waals surface area contributed by atoms with Crippen molar-refractivity contribution in [3.05, 3.63) is 32.8 Å². The van der Waals surface area contributed by atoms with Crippen molar-refractivity contribution in [2.75, 3.05) is 13.7 Å². The first kappa shape index (κ1) is 14.0. The number of hydrogen-bond acceptors (Lipinski definition) is 3. The number of carbonyl (C=O) groups excluding carboxylic acids is 2. The summed E-state index contributed by atoms with van der Waals surface area (Å²) < 4.78 is 5.11. The van der Waals surface area contributed by atoms with Crippen molar-refractivity contribution in [3.8, 4) is 0 Å². The highest BCUT2D eigenvalue weighted by Crippen LogP contribution is 2.28. The summed E-state index contributed by atoms with van der Waals surface area (Å²) in [6.45, 7) is 2.27. The van der Waals surface area contributed by atoms with Gasteiger partial charge in [0.15, 0.2) is 0 Å². The van der Waals surface area contributed by atoms with E-state index in [4.69, 9.17) is 11.6 Å². The van der Waals surface area contributed by atoms with Crippen molar-refractivity contribution in [2.45, 2.75) is 6.92 Å². The van der Waals surface area contributed by atoms with Crippen molar-refractivity contribution < 1.29 is 14.3 Å². The van der Waals surface area contributed by atoms with E-state index in [1.165, 1.54) is 13.2 Å². The molecule has 0 heterocycles. The molecule has 0 atom stereocenters. The largest absolute Gasteiger partial charge is 0.465 e. The predicted molar refractivity (Wildman–Crippen MR) is 68.5 cm³/mol. The van der Waals surface area contributed by atoms with Gasteiger partial charge in [0.25, 0.3) is 5.91 Å². The molecule has 1 aromatic carbocycles. The van der Waals surface area contributed by atoms with Gasteiger partial charge in [0.2, 0.25) is 0 Å². The van der Waals surface area contributed by atoms with Crippen molar-refractivity contribution in [1.29, 1.82) is 0 Å². The number of halogens is 2. The van der Waals surface area contributed by atoms with Crippen LogP contribution < -0.4 is 5.32 Å². The first-order valence-corrected chi connectivity index (χ1v) is 6.04. The minimum Gasteiger partial charge on any atom is -0.465 e. The van der Waals surface area contributed by atoms with Crippen LogP contribution in [-0.4, -0.2) is 25.5 Å². The highest BCUT2D eigenvalue weighted by atomic mass is 79.9. The summed E-state index contributed by atoms with van der Waals surface area (Å²) in [6.07, 6.45) is 0. The highest BCUT2D eigenvalue weighted by molar-refractivity contribution is 9.10. The maximum atomic E-state index is 11.8. The number of hydrogen-bond donors (Lipinski definition) is 1. The first-order valence-electron chi connectivity index (χ1n) is 4.87. The maximum absolute atomic E-state index is 11.8. The molecule has 0 radical (unpaired) electrons. The van der Waals surface area contributed by atoms with Gasteiger partial charge in [-0.3, -0.25) is 4.79 Å². The molecule has 0 unspecified atom stereocenters. The summed E-state index contributed by atoms with van der Waals surface area (Å²) in [7, 11) is 1.26. The van der Waals surface area contributed by atoms with Crippen molar-refractivity contribution in [2.24, 2.45) is 0 Å². The van der Waals surface area contributed by atoms with E-state index in [2.05, 4.69) is 26.0 Å². The lowest BCUT2D eigenvalue weighted by Gasteiger charge is -2.10. The van der Waals surface area contributed by atoms with E-state index in [0.29, 0.717) is 11.0 Å². The molecule has 17 heavy (non-hydrogen) atoms. The van der Waals surface area contributed by atoms with Gasteiger partial charge in [-0.15, -0.1) is 0 Å². The smallest absolute Gasteiger partial charge is 0.339 e. The predicted octanol–water partition coefficient (Wildman–Crippen LogP) is 2.64. The molecule has 0 fully saturated rings. The number of ether oxygens (including phenoxy) is 1. The van der Waals surface area contributed by atoms with Crippen molar-refractivity contribution in [1.82, 2.24) is 5.32 Å². The zero-order chi connectivity index (χ0) is 13.0. The molecule has 0 bridgehead atoms. The second-order valence-corrected chi connectivity index (χ2v) is 4.37. The Labute approximate surface area is 112 Å². The molecule has 92 valence electrons. The molecular formula is C11H11BrClNO3. The summed E-state index contributed by atoms with van der Waals surface area (Å²) in [4.78, 5) is 23.2. The number of carbonyl (C=O) groups is 2. The molecule has 1 aromatic rings. The second-order valence-electron chi connectivity index (χ2n) is 3.13. The third-order valence-corrected chi connectivity index (χ3v) is 3.11. The summed E-state index contributed by atoms with van der Waals surface area (Å²) >= 11 is 9.25. The van der Waals surface area contributed by atoms with Crippen LogP contribution in [-0.2, 0) is 4.74 Å². The highest BCUT2D eigenvalue weighted by Gasteiger charge is 2.20. The van der Waals surface area contributed by atoms with Crippen LogP contribution in [0.15, 0.2) is 16.6 Å². The van der Waals surface area contributed by atoms with Crippen LogP contribution in [0.3, 0.4) is 0 Å². The van der Waals surface area contributed by atoms with Gasteiger partial charge in [0.1, 0.15) is 0 Å². The summed E-state index contributed by atoms with van der Waals surface area (Å²) in [6, 6.07) is 3.09. The van der Waals surface area contributed by atoms with Crippen molar-refractivity contribution >= 4 is 39.4 Å². The van der Waals surface area contributed by atoms with Crippen LogP contribution >= 0.6 is 27.5 Å². The van der Waals surface area contributed by atoms with Crippen molar-refractivity contribution in [3.63, 3.8) is 0 Å². The number of methoxy groups -OCH3 is 1. The lowest BCUT2D eigenvalue weighted by atomic mass is 10.1. The molecule has 0 aromatic heterocycles. The van der Waals surface area contributed by atoms with Gasteiger partial charge in [0, 0.05) is 11.0 Å². The molecule has 1 amide bonds. The van der Waals surface area contributed by atoms with Gasteiger partial charge in [-0.1, -0.05) is 11.6 Å². The Kier molecular flexibility index (Phi) is 4.96. The summed E-state index contributed by atoms with van der Waals surface area (Å²) in [5, 5.41) is 2.70. The molecular weight excluding hydrogens is 309 g/mol. The normalized spacial score (nSPS) is 9.88. The molecule has 0 aliphatic heterocycles. The lowest BCUT2D eigenvalue weighted by molar-refractivity contribution is 0.0601. The standard InChI is InChI=1S/C11H11BrClNO3/c1-3-14-10(15)8-7(12)5-4-6(9(8)13)11(16)17-2/h4-5H,3H2,1-2H3,(H,14,15). The fourth-order valence-corrected chi connectivity index (χ4v) is 2.23. The monoisotopic (exact) mass is 319 g/mol. The molecule has 1 N–H and O–H groups in total. The van der Waals surface area contributed by atoms with Crippen LogP contribution in [0.1, 0.15) is 27.6 Å². The Morgan fingerprint density at radius 1 is 1.47 bits per heavy atom. The zero-order valence-electron chi connectivity index (χ0n) is 9.34. The topological polar surface area (TPSA) is 55.4 Å². The number of rotatable bonds is 3. The van der Waals surface area contributed by atoms with Crippen LogP contribution in [0.5, 0.6) is 0 Å². The SMILES string of the molecule is CCNC(=O)c1c(Br)ccc(C(=O)OC)c1Cl. The molecule has 1 rings (SSSR count). The van der Waals surface area contributed by atoms with E-state index in [0.717, 1.165) is 0 Å². The fraction of sp³-hybridized carbons (Fsp3) is 0.273. The van der Waals surface area contributed by atoms with E-state index in [9.17, 15) is 9.59 Å². The van der Waals surface area contributed by atoms with Crippen LogP contribution in [0.2, 0.25) is 5.02 Å². The molecule has 6 heteroatoms. The number of benzene rings is 1. The maximum Gasteiger partial charge on any atom is 0.339 e. The second kappa shape index (κ2) is 6.02. The Balaban J connectivity index is 3.29. The van der Waals surface area contributed by atoms with E-state index in [1.807, 2.05) is 0 Å². The minimum atomic E-state index is -0.576. The third kappa shape index (κ3) is 2.98. The summed E-state index contributed by atoms with van der Waals surface area (Å²) in [5.41, 5.74) is 0.398. The molecule has 4 nitrogen and oxygen atoms in total. The van der Waals surface area contributed by atoms with E-state index in [1.54, 1.807) is 13.0 Å². The fourth-order valence-electron chi connectivity index (χ4n) is 1.28. The summed E-state index contributed by atoms with van der Waals surface area (Å²) in [5.74, 6) is -0.914. The Hall–Kier alpha value is -1.07. The zero-order valence-corrected chi connectivity index (χ0v) is 11.7. The Morgan fingerprint density at radius 3 is 2.65 bits per heavy atom. The Bertz CT molecular complexity index is 462. The third-order valence-electron chi connectivity index (χ3n) is 2.06. The van der Waals surface area contributed by atoms with E-state index in [-0.39, 0.29) is 22.1 Å². The lowest BCUT2D eigenvalue weighted by Crippen LogP contribution is -2.24. The van der Waals surface area contributed by atoms with Gasteiger partial charge in [-0.05, 0) is 35.0 Å². The molecule has 0 saturated heterocycles. The molecule has 0 saturated carbocycles. The van der Waals surface area contributed by atoms with Gasteiger partial charge in [-0.25, -0.2) is 4.79 Å². The van der Waals surface area contributed by atoms with Gasteiger partial charge < -0.3 is 10.1 Å². The van der Waals surface area contributed by atoms with Crippen LogP contribution in [0, 0.1) is 0 Å². The van der Waals surface area contributed by atoms with E-state index < -0.39 is 5.97 Å². The van der Waals surface area contributed by atoms with Gasteiger partial charge in [0.05, 0.1) is 23.3 Å². The van der Waals surface area contributed by atoms with E-state index >= 15 is 0 Å². The number of esters is 1. The first-order chi connectivity index (χ1) is 8.02. The number of amides is 1. The molecule has 0 spiro atoms. The van der Waals surface area contributed by atoms with Gasteiger partial charge >= 0.3 is 5.97 Å². The molecule has 0 aliphatic rings. The quantitative estimate of drug-likeness (QED) is 0.871. The van der Waals surface area contributed by atoms with Crippen LogP contribution in [0.25, 0.3) is 0 Å². The Morgan fingerprint density at radius 2 is 2.12 bits per heavy atom. The average Bonchev–Trinajstić information content (AvgIpc) is 2.28. The van der Waals surface area contributed by atoms with Crippen LogP contribution in [0.4, 0.5) is 0 Å². The number of nitrogens with one attached hydrogen (secondary N) is 1. The minimum absolute atomic E-state index is 0.0807. The molecule has 0 aliphatic carbocycles.